The van der Waals surface area contributed by atoms with Crippen LogP contribution in [-0.4, -0.2) is 41.7 Å². The predicted octanol–water partition coefficient (Wildman–Crippen LogP) is 2.24. The second kappa shape index (κ2) is 7.31. The van der Waals surface area contributed by atoms with Crippen molar-refractivity contribution in [1.29, 1.82) is 0 Å². The molecule has 0 spiro atoms. The van der Waals surface area contributed by atoms with Gasteiger partial charge in [0, 0.05) is 37.3 Å². The van der Waals surface area contributed by atoms with E-state index in [0.29, 0.717) is 12.3 Å². The summed E-state index contributed by atoms with van der Waals surface area (Å²) in [6.07, 6.45) is 1.84. The van der Waals surface area contributed by atoms with Gasteiger partial charge in [-0.3, -0.25) is 0 Å². The monoisotopic (exact) mass is 291 g/mol. The Balaban J connectivity index is 1.95. The van der Waals surface area contributed by atoms with Crippen molar-refractivity contribution in [3.05, 3.63) is 29.8 Å². The van der Waals surface area contributed by atoms with Gasteiger partial charge in [-0.05, 0) is 25.8 Å². The quantitative estimate of drug-likeness (QED) is 0.779. The summed E-state index contributed by atoms with van der Waals surface area (Å²) in [7, 11) is 0. The SMILES string of the molecule is CCNC(=O)N1CC[C@@H](N[C@H](CC)c2ccccc2O)C1. The molecular weight excluding hydrogens is 266 g/mol. The van der Waals surface area contributed by atoms with Gasteiger partial charge in [-0.2, -0.15) is 0 Å². The van der Waals surface area contributed by atoms with Crippen LogP contribution in [0.5, 0.6) is 5.75 Å². The lowest BCUT2D eigenvalue weighted by Crippen LogP contribution is -2.41. The van der Waals surface area contributed by atoms with E-state index in [1.54, 1.807) is 6.07 Å². The van der Waals surface area contributed by atoms with E-state index in [1.807, 2.05) is 30.0 Å². The molecule has 0 radical (unpaired) electrons. The molecule has 116 valence electrons. The van der Waals surface area contributed by atoms with Gasteiger partial charge in [-0.1, -0.05) is 25.1 Å². The highest BCUT2D eigenvalue weighted by Gasteiger charge is 2.28. The van der Waals surface area contributed by atoms with Gasteiger partial charge in [0.2, 0.25) is 0 Å². The second-order valence-corrected chi connectivity index (χ2v) is 5.45. The fourth-order valence-electron chi connectivity index (χ4n) is 2.84. The molecule has 0 saturated carbocycles. The first-order valence-electron chi connectivity index (χ1n) is 7.72. The highest BCUT2D eigenvalue weighted by molar-refractivity contribution is 5.74. The third kappa shape index (κ3) is 3.88. The van der Waals surface area contributed by atoms with Gasteiger partial charge in [0.15, 0.2) is 0 Å². The van der Waals surface area contributed by atoms with Gasteiger partial charge in [-0.15, -0.1) is 0 Å². The van der Waals surface area contributed by atoms with Crippen LogP contribution in [0, 0.1) is 0 Å². The van der Waals surface area contributed by atoms with Crippen molar-refractivity contribution in [3.8, 4) is 5.75 Å². The Labute approximate surface area is 126 Å². The minimum Gasteiger partial charge on any atom is -0.508 e. The van der Waals surface area contributed by atoms with E-state index in [0.717, 1.165) is 31.5 Å². The lowest BCUT2D eigenvalue weighted by molar-refractivity contribution is 0.208. The Bertz CT molecular complexity index is 478. The maximum atomic E-state index is 11.8. The number of urea groups is 1. The van der Waals surface area contributed by atoms with E-state index < -0.39 is 0 Å². The number of nitrogens with zero attached hydrogens (tertiary/aromatic N) is 1. The zero-order valence-electron chi connectivity index (χ0n) is 12.8. The average Bonchev–Trinajstić information content (AvgIpc) is 2.94. The molecule has 0 aromatic heterocycles. The van der Waals surface area contributed by atoms with Crippen molar-refractivity contribution in [2.24, 2.45) is 0 Å². The molecule has 1 aromatic carbocycles. The topological polar surface area (TPSA) is 64.6 Å². The third-order valence-electron chi connectivity index (χ3n) is 3.96. The maximum absolute atomic E-state index is 11.8. The summed E-state index contributed by atoms with van der Waals surface area (Å²) in [5, 5.41) is 16.4. The van der Waals surface area contributed by atoms with Gasteiger partial charge >= 0.3 is 6.03 Å². The molecular formula is C16H25N3O2. The maximum Gasteiger partial charge on any atom is 0.317 e. The number of likely N-dealkylation sites (tertiary alicyclic amines) is 1. The molecule has 1 aliphatic heterocycles. The Morgan fingerprint density at radius 1 is 1.43 bits per heavy atom. The van der Waals surface area contributed by atoms with Crippen LogP contribution in [0.1, 0.15) is 38.3 Å². The number of benzene rings is 1. The first kappa shape index (κ1) is 15.6. The van der Waals surface area contributed by atoms with Gasteiger partial charge in [0.25, 0.3) is 0 Å². The normalized spacial score (nSPS) is 19.5. The summed E-state index contributed by atoms with van der Waals surface area (Å²) in [5.41, 5.74) is 0.927. The van der Waals surface area contributed by atoms with Gasteiger partial charge in [0.1, 0.15) is 5.75 Å². The number of hydrogen-bond acceptors (Lipinski definition) is 3. The summed E-state index contributed by atoms with van der Waals surface area (Å²) in [6, 6.07) is 7.84. The molecule has 0 bridgehead atoms. The van der Waals surface area contributed by atoms with E-state index >= 15 is 0 Å². The standard InChI is InChI=1S/C16H25N3O2/c1-3-14(13-7-5-6-8-15(13)20)18-12-9-10-19(11-12)16(21)17-4-2/h5-8,12,14,18,20H,3-4,9-11H2,1-2H3,(H,17,21)/t12-,14-/m1/s1. The summed E-state index contributed by atoms with van der Waals surface area (Å²) in [6.45, 7) is 6.18. The Kier molecular flexibility index (Phi) is 5.44. The van der Waals surface area contributed by atoms with E-state index in [9.17, 15) is 9.90 Å². The first-order valence-corrected chi connectivity index (χ1v) is 7.72. The number of para-hydroxylation sites is 1. The number of nitrogens with one attached hydrogen (secondary N) is 2. The van der Waals surface area contributed by atoms with Crippen LogP contribution in [-0.2, 0) is 0 Å². The van der Waals surface area contributed by atoms with Crippen LogP contribution in [0.4, 0.5) is 4.79 Å². The van der Waals surface area contributed by atoms with E-state index in [4.69, 9.17) is 0 Å². The van der Waals surface area contributed by atoms with E-state index in [1.165, 1.54) is 0 Å². The van der Waals surface area contributed by atoms with Crippen LogP contribution in [0.15, 0.2) is 24.3 Å². The fraction of sp³-hybridized carbons (Fsp3) is 0.562. The van der Waals surface area contributed by atoms with E-state index in [-0.39, 0.29) is 18.1 Å². The molecule has 2 amide bonds. The average molecular weight is 291 g/mol. The molecule has 3 N–H and O–H groups in total. The largest absolute Gasteiger partial charge is 0.508 e. The number of phenolic OH excluding ortho intramolecular Hbond substituents is 1. The van der Waals surface area contributed by atoms with Crippen LogP contribution >= 0.6 is 0 Å². The van der Waals surface area contributed by atoms with Crippen molar-refractivity contribution < 1.29 is 9.90 Å². The molecule has 1 fully saturated rings. The number of carbonyl (C=O) groups excluding carboxylic acids is 1. The zero-order chi connectivity index (χ0) is 15.2. The van der Waals surface area contributed by atoms with Gasteiger partial charge in [-0.25, -0.2) is 4.79 Å². The summed E-state index contributed by atoms with van der Waals surface area (Å²) >= 11 is 0. The Hall–Kier alpha value is -1.75. The van der Waals surface area contributed by atoms with Crippen LogP contribution < -0.4 is 10.6 Å². The number of rotatable bonds is 5. The number of carbonyl (C=O) groups is 1. The first-order chi connectivity index (χ1) is 10.2. The predicted molar refractivity (Wildman–Crippen MR) is 83.3 cm³/mol. The number of hydrogen-bond donors (Lipinski definition) is 3. The number of amides is 2. The molecule has 0 unspecified atom stereocenters. The number of phenols is 1. The van der Waals surface area contributed by atoms with E-state index in [2.05, 4.69) is 17.6 Å². The number of aromatic hydroxyl groups is 1. The van der Waals surface area contributed by atoms with Crippen molar-refractivity contribution in [2.75, 3.05) is 19.6 Å². The third-order valence-corrected chi connectivity index (χ3v) is 3.96. The molecule has 1 saturated heterocycles. The van der Waals surface area contributed by atoms with Crippen LogP contribution in [0.3, 0.4) is 0 Å². The molecule has 5 heteroatoms. The fourth-order valence-corrected chi connectivity index (χ4v) is 2.84. The molecule has 0 aliphatic carbocycles. The van der Waals surface area contributed by atoms with Crippen molar-refractivity contribution >= 4 is 6.03 Å². The molecule has 21 heavy (non-hydrogen) atoms. The lowest BCUT2D eigenvalue weighted by Gasteiger charge is -2.23. The van der Waals surface area contributed by atoms with Crippen molar-refractivity contribution in [3.63, 3.8) is 0 Å². The summed E-state index contributed by atoms with van der Waals surface area (Å²) in [5.74, 6) is 0.329. The highest BCUT2D eigenvalue weighted by Crippen LogP contribution is 2.27. The van der Waals surface area contributed by atoms with Crippen molar-refractivity contribution in [1.82, 2.24) is 15.5 Å². The lowest BCUT2D eigenvalue weighted by atomic mass is 10.0. The van der Waals surface area contributed by atoms with Gasteiger partial charge < -0.3 is 20.6 Å². The minimum atomic E-state index is 0.0115. The minimum absolute atomic E-state index is 0.0115. The zero-order valence-corrected chi connectivity index (χ0v) is 12.8. The van der Waals surface area contributed by atoms with Crippen molar-refractivity contribution in [2.45, 2.75) is 38.8 Å². The summed E-state index contributed by atoms with van der Waals surface area (Å²) < 4.78 is 0. The molecule has 1 aromatic rings. The molecule has 2 rings (SSSR count). The van der Waals surface area contributed by atoms with Crippen LogP contribution in [0.2, 0.25) is 0 Å². The second-order valence-electron chi connectivity index (χ2n) is 5.45. The summed E-state index contributed by atoms with van der Waals surface area (Å²) in [4.78, 5) is 13.7. The molecule has 1 aliphatic rings. The Morgan fingerprint density at radius 2 is 2.19 bits per heavy atom. The van der Waals surface area contributed by atoms with Crippen LogP contribution in [0.25, 0.3) is 0 Å². The molecule has 1 heterocycles. The smallest absolute Gasteiger partial charge is 0.317 e. The highest BCUT2D eigenvalue weighted by atomic mass is 16.3. The molecule has 5 nitrogen and oxygen atoms in total. The molecule has 2 atom stereocenters. The van der Waals surface area contributed by atoms with Gasteiger partial charge in [0.05, 0.1) is 0 Å². The Morgan fingerprint density at radius 3 is 2.86 bits per heavy atom.